The number of ether oxygens (including phenoxy) is 1. The number of hydrogen-bond donors (Lipinski definition) is 1. The number of carbonyl (C=O) groups excluding carboxylic acids is 1. The number of aliphatic hydroxyl groups is 1. The summed E-state index contributed by atoms with van der Waals surface area (Å²) in [7, 11) is 0. The summed E-state index contributed by atoms with van der Waals surface area (Å²) in [5, 5.41) is 11.0. The van der Waals surface area contributed by atoms with E-state index in [1.54, 1.807) is 26.0 Å². The van der Waals surface area contributed by atoms with E-state index in [1.165, 1.54) is 12.1 Å². The average molecular weight is 382 g/mol. The van der Waals surface area contributed by atoms with Crippen LogP contribution in [0.4, 0.5) is 4.39 Å². The lowest BCUT2D eigenvalue weighted by atomic mass is 9.79. The molecule has 4 heteroatoms. The molecule has 1 unspecified atom stereocenters. The molecule has 1 atom stereocenters. The van der Waals surface area contributed by atoms with Gasteiger partial charge in [0.1, 0.15) is 22.8 Å². The predicted octanol–water partition coefficient (Wildman–Crippen LogP) is 5.87. The Kier molecular flexibility index (Phi) is 5.20. The van der Waals surface area contributed by atoms with E-state index in [-0.39, 0.29) is 17.4 Å². The lowest BCUT2D eigenvalue weighted by Gasteiger charge is -2.42. The summed E-state index contributed by atoms with van der Waals surface area (Å²) in [4.78, 5) is 13.1. The molecular formula is C24H27FO3. The molecule has 0 spiro atoms. The van der Waals surface area contributed by atoms with Crippen molar-refractivity contribution in [2.75, 3.05) is 0 Å². The van der Waals surface area contributed by atoms with E-state index in [9.17, 15) is 14.3 Å². The number of aliphatic hydroxyl groups excluding tert-OH is 1. The Labute approximate surface area is 165 Å². The van der Waals surface area contributed by atoms with Gasteiger partial charge in [-0.1, -0.05) is 44.2 Å². The number of Topliss-reactive ketones (excluding diaryl/α,β-unsaturated/α-hetero) is 1. The molecule has 0 saturated heterocycles. The second kappa shape index (κ2) is 7.17. The molecule has 0 aliphatic carbocycles. The number of carbonyl (C=O) groups is 1. The van der Waals surface area contributed by atoms with E-state index in [1.807, 2.05) is 39.0 Å². The van der Waals surface area contributed by atoms with Gasteiger partial charge in [0.05, 0.1) is 5.57 Å². The smallest absolute Gasteiger partial charge is 0.198 e. The molecule has 0 bridgehead atoms. The van der Waals surface area contributed by atoms with Crippen LogP contribution in [0.15, 0.2) is 48.2 Å². The van der Waals surface area contributed by atoms with E-state index >= 15 is 0 Å². The van der Waals surface area contributed by atoms with Gasteiger partial charge < -0.3 is 9.84 Å². The highest BCUT2D eigenvalue weighted by Gasteiger charge is 2.48. The highest BCUT2D eigenvalue weighted by molar-refractivity contribution is 6.26. The molecule has 1 heterocycles. The number of halogens is 1. The molecule has 0 radical (unpaired) electrons. The summed E-state index contributed by atoms with van der Waals surface area (Å²) < 4.78 is 19.2. The third kappa shape index (κ3) is 3.37. The Morgan fingerprint density at radius 2 is 1.61 bits per heavy atom. The van der Waals surface area contributed by atoms with Crippen LogP contribution in [0.5, 0.6) is 0 Å². The SMILES string of the molecule is CCc1cc(-c2ccc(F)cc2)ccc1C1=C(O)C(C)(CC)OC(C)(C)C1=O. The first-order chi connectivity index (χ1) is 13.1. The lowest BCUT2D eigenvalue weighted by Crippen LogP contribution is -2.50. The molecular weight excluding hydrogens is 355 g/mol. The van der Waals surface area contributed by atoms with Gasteiger partial charge in [-0.15, -0.1) is 0 Å². The number of benzene rings is 2. The molecule has 3 nitrogen and oxygen atoms in total. The molecule has 3 rings (SSSR count). The van der Waals surface area contributed by atoms with Crippen LogP contribution < -0.4 is 0 Å². The van der Waals surface area contributed by atoms with E-state index in [0.717, 1.165) is 22.3 Å². The van der Waals surface area contributed by atoms with Crippen molar-refractivity contribution < 1.29 is 19.0 Å². The molecule has 0 saturated carbocycles. The minimum atomic E-state index is -1.02. The molecule has 0 fully saturated rings. The Morgan fingerprint density at radius 1 is 1.00 bits per heavy atom. The lowest BCUT2D eigenvalue weighted by molar-refractivity contribution is -0.162. The molecule has 0 aromatic heterocycles. The van der Waals surface area contributed by atoms with Crippen molar-refractivity contribution in [1.29, 1.82) is 0 Å². The summed E-state index contributed by atoms with van der Waals surface area (Å²) >= 11 is 0. The summed E-state index contributed by atoms with van der Waals surface area (Å²) in [6.45, 7) is 9.24. The highest BCUT2D eigenvalue weighted by Crippen LogP contribution is 2.43. The van der Waals surface area contributed by atoms with Gasteiger partial charge in [0.2, 0.25) is 0 Å². The van der Waals surface area contributed by atoms with E-state index in [0.29, 0.717) is 18.4 Å². The molecule has 1 aliphatic heterocycles. The summed E-state index contributed by atoms with van der Waals surface area (Å²) in [5.41, 5.74) is 1.93. The third-order valence-corrected chi connectivity index (χ3v) is 5.60. The number of aryl methyl sites for hydroxylation is 1. The first-order valence-corrected chi connectivity index (χ1v) is 9.71. The minimum Gasteiger partial charge on any atom is -0.508 e. The van der Waals surface area contributed by atoms with Gasteiger partial charge in [0.25, 0.3) is 0 Å². The van der Waals surface area contributed by atoms with Crippen molar-refractivity contribution in [2.24, 2.45) is 0 Å². The molecule has 28 heavy (non-hydrogen) atoms. The Morgan fingerprint density at radius 3 is 2.18 bits per heavy atom. The number of hydrogen-bond acceptors (Lipinski definition) is 3. The van der Waals surface area contributed by atoms with Gasteiger partial charge >= 0.3 is 0 Å². The fourth-order valence-corrected chi connectivity index (χ4v) is 3.77. The zero-order valence-electron chi connectivity index (χ0n) is 17.1. The topological polar surface area (TPSA) is 46.5 Å². The normalized spacial score (nSPS) is 21.9. The standard InChI is InChI=1S/C24H27FO3/c1-6-15-14-17(16-8-11-18(25)12-9-16)10-13-19(15)20-21(26)23(3,4)28-24(5,7-2)22(20)27/h8-14,27H,6-7H2,1-5H3. The third-order valence-electron chi connectivity index (χ3n) is 5.60. The summed E-state index contributed by atoms with van der Waals surface area (Å²) in [5.74, 6) is -0.510. The fraction of sp³-hybridized carbons (Fsp3) is 0.375. The molecule has 2 aromatic rings. The van der Waals surface area contributed by atoms with Crippen LogP contribution in [0.3, 0.4) is 0 Å². The maximum atomic E-state index is 13.2. The zero-order chi connectivity index (χ0) is 20.7. The van der Waals surface area contributed by atoms with Crippen molar-refractivity contribution in [2.45, 2.75) is 58.7 Å². The van der Waals surface area contributed by atoms with Crippen LogP contribution in [0.25, 0.3) is 16.7 Å². The van der Waals surface area contributed by atoms with Crippen molar-refractivity contribution in [3.05, 3.63) is 65.2 Å². The summed E-state index contributed by atoms with van der Waals surface area (Å²) in [6.07, 6.45) is 1.24. The maximum absolute atomic E-state index is 13.2. The maximum Gasteiger partial charge on any atom is 0.198 e. The molecule has 1 aliphatic rings. The largest absolute Gasteiger partial charge is 0.508 e. The summed E-state index contributed by atoms with van der Waals surface area (Å²) in [6, 6.07) is 12.1. The van der Waals surface area contributed by atoms with Crippen LogP contribution in [-0.4, -0.2) is 22.1 Å². The monoisotopic (exact) mass is 382 g/mol. The molecule has 148 valence electrons. The van der Waals surface area contributed by atoms with E-state index < -0.39 is 11.2 Å². The van der Waals surface area contributed by atoms with Gasteiger partial charge in [-0.25, -0.2) is 4.39 Å². The van der Waals surface area contributed by atoms with E-state index in [2.05, 4.69) is 0 Å². The van der Waals surface area contributed by atoms with Crippen molar-refractivity contribution in [1.82, 2.24) is 0 Å². The van der Waals surface area contributed by atoms with Crippen molar-refractivity contribution >= 4 is 11.4 Å². The number of rotatable bonds is 4. The Balaban J connectivity index is 2.17. The molecule has 0 amide bonds. The molecule has 2 aromatic carbocycles. The first-order valence-electron chi connectivity index (χ1n) is 9.71. The first kappa shape index (κ1) is 20.3. The second-order valence-electron chi connectivity index (χ2n) is 7.98. The fourth-order valence-electron chi connectivity index (χ4n) is 3.77. The van der Waals surface area contributed by atoms with Crippen molar-refractivity contribution in [3.63, 3.8) is 0 Å². The number of ketones is 1. The van der Waals surface area contributed by atoms with Gasteiger partial charge in [-0.2, -0.15) is 0 Å². The Bertz CT molecular complexity index is 941. The highest BCUT2D eigenvalue weighted by atomic mass is 19.1. The second-order valence-corrected chi connectivity index (χ2v) is 7.98. The van der Waals surface area contributed by atoms with Gasteiger partial charge in [-0.05, 0) is 68.0 Å². The molecule has 1 N–H and O–H groups in total. The van der Waals surface area contributed by atoms with Crippen LogP contribution in [0, 0.1) is 5.82 Å². The van der Waals surface area contributed by atoms with Crippen LogP contribution in [0.2, 0.25) is 0 Å². The minimum absolute atomic E-state index is 0.0106. The Hall–Kier alpha value is -2.46. The van der Waals surface area contributed by atoms with Crippen LogP contribution in [-0.2, 0) is 16.0 Å². The van der Waals surface area contributed by atoms with Crippen molar-refractivity contribution in [3.8, 4) is 11.1 Å². The van der Waals surface area contributed by atoms with Crippen LogP contribution in [0.1, 0.15) is 52.2 Å². The van der Waals surface area contributed by atoms with E-state index in [4.69, 9.17) is 4.74 Å². The zero-order valence-corrected chi connectivity index (χ0v) is 17.1. The van der Waals surface area contributed by atoms with Crippen LogP contribution >= 0.6 is 0 Å². The van der Waals surface area contributed by atoms with Gasteiger partial charge in [0.15, 0.2) is 5.78 Å². The van der Waals surface area contributed by atoms with Gasteiger partial charge in [0, 0.05) is 0 Å². The quantitative estimate of drug-likeness (QED) is 0.719. The average Bonchev–Trinajstić information content (AvgIpc) is 2.67. The van der Waals surface area contributed by atoms with Gasteiger partial charge in [-0.3, -0.25) is 4.79 Å². The predicted molar refractivity (Wildman–Crippen MR) is 110 cm³/mol.